The zero-order valence-corrected chi connectivity index (χ0v) is 31.0. The predicted molar refractivity (Wildman–Crippen MR) is 227 cm³/mol. The summed E-state index contributed by atoms with van der Waals surface area (Å²) >= 11 is 0. The highest BCUT2D eigenvalue weighted by Crippen LogP contribution is 2.65. The minimum absolute atomic E-state index is 0.154. The summed E-state index contributed by atoms with van der Waals surface area (Å²) in [5, 5.41) is 0. The first-order valence-corrected chi connectivity index (χ1v) is 19.3. The van der Waals surface area contributed by atoms with Gasteiger partial charge in [0.05, 0.1) is 16.8 Å². The molecule has 0 atom stereocenters. The molecule has 1 aliphatic heterocycles. The summed E-state index contributed by atoms with van der Waals surface area (Å²) in [5.41, 5.74) is 19.7. The Morgan fingerprint density at radius 2 is 1.09 bits per heavy atom. The highest BCUT2D eigenvalue weighted by Gasteiger charge is 2.52. The van der Waals surface area contributed by atoms with Gasteiger partial charge in [-0.05, 0) is 104 Å². The molecule has 0 N–H and O–H groups in total. The minimum atomic E-state index is -0.443. The summed E-state index contributed by atoms with van der Waals surface area (Å²) in [6.45, 7) is 8.94. The number of nitrogens with zero attached hydrogens (tertiary/aromatic N) is 1. The molecule has 0 fully saturated rings. The number of rotatable bonds is 3. The normalized spacial score (nSPS) is 16.9. The maximum Gasteiger partial charge on any atom is 0.132 e. The highest BCUT2D eigenvalue weighted by atomic mass is 16.5. The Kier molecular flexibility index (Phi) is 6.76. The zero-order valence-electron chi connectivity index (χ0n) is 31.0. The molecular formula is C53H39NO. The molecule has 0 saturated heterocycles. The van der Waals surface area contributed by atoms with Gasteiger partial charge in [-0.2, -0.15) is 0 Å². The van der Waals surface area contributed by atoms with E-state index in [1.807, 2.05) is 12.2 Å². The van der Waals surface area contributed by atoms with Crippen LogP contribution in [0, 0.1) is 0 Å². The third-order valence-corrected chi connectivity index (χ3v) is 12.5. The van der Waals surface area contributed by atoms with E-state index < -0.39 is 5.41 Å². The lowest BCUT2D eigenvalue weighted by molar-refractivity contribution is 0.443. The molecule has 0 radical (unpaired) electrons. The van der Waals surface area contributed by atoms with E-state index in [4.69, 9.17) is 4.74 Å². The van der Waals surface area contributed by atoms with Crippen molar-refractivity contribution in [2.24, 2.45) is 0 Å². The van der Waals surface area contributed by atoms with Crippen molar-refractivity contribution in [2.75, 3.05) is 4.90 Å². The smallest absolute Gasteiger partial charge is 0.132 e. The van der Waals surface area contributed by atoms with Crippen LogP contribution in [0.1, 0.15) is 52.8 Å². The lowest BCUT2D eigenvalue weighted by Gasteiger charge is -2.33. The first kappa shape index (κ1) is 31.8. The van der Waals surface area contributed by atoms with E-state index in [0.29, 0.717) is 12.2 Å². The van der Waals surface area contributed by atoms with E-state index in [1.54, 1.807) is 0 Å². The third kappa shape index (κ3) is 4.31. The number of allylic oxidation sites excluding steroid dienone is 4. The van der Waals surface area contributed by atoms with Crippen LogP contribution < -0.4 is 9.64 Å². The van der Waals surface area contributed by atoms with E-state index >= 15 is 0 Å². The number of anilines is 3. The van der Waals surface area contributed by atoms with Gasteiger partial charge in [0.2, 0.25) is 0 Å². The van der Waals surface area contributed by atoms with Gasteiger partial charge in [0, 0.05) is 22.2 Å². The van der Waals surface area contributed by atoms with Crippen molar-refractivity contribution in [3.05, 3.63) is 227 Å². The first-order valence-electron chi connectivity index (χ1n) is 19.3. The Bertz CT molecular complexity index is 2790. The van der Waals surface area contributed by atoms with E-state index in [1.165, 1.54) is 66.8 Å². The molecule has 262 valence electrons. The van der Waals surface area contributed by atoms with Crippen LogP contribution in [-0.4, -0.2) is 0 Å². The van der Waals surface area contributed by atoms with Crippen molar-refractivity contribution in [1.82, 2.24) is 0 Å². The van der Waals surface area contributed by atoms with Crippen molar-refractivity contribution >= 4 is 17.1 Å². The maximum atomic E-state index is 6.48. The second kappa shape index (κ2) is 11.7. The monoisotopic (exact) mass is 705 g/mol. The number of hydrogen-bond acceptors (Lipinski definition) is 2. The van der Waals surface area contributed by atoms with Crippen molar-refractivity contribution in [3.63, 3.8) is 0 Å². The molecule has 2 nitrogen and oxygen atoms in total. The Balaban J connectivity index is 1.22. The van der Waals surface area contributed by atoms with Crippen LogP contribution in [0.15, 0.2) is 188 Å². The van der Waals surface area contributed by atoms with Gasteiger partial charge in [-0.3, -0.25) is 0 Å². The Hall–Kier alpha value is -6.64. The molecule has 4 aliphatic rings. The zero-order chi connectivity index (χ0) is 36.9. The van der Waals surface area contributed by atoms with Crippen LogP contribution in [0.25, 0.3) is 33.4 Å². The molecule has 55 heavy (non-hydrogen) atoms. The number of hydrogen-bond donors (Lipinski definition) is 0. The number of fused-ring (bicyclic) bond motifs is 14. The lowest BCUT2D eigenvalue weighted by atomic mass is 9.70. The van der Waals surface area contributed by atoms with Gasteiger partial charge in [-0.25, -0.2) is 0 Å². The molecular weight excluding hydrogens is 667 g/mol. The summed E-state index contributed by atoms with van der Waals surface area (Å²) in [4.78, 5) is 2.50. The highest BCUT2D eigenvalue weighted by molar-refractivity contribution is 6.01. The summed E-state index contributed by atoms with van der Waals surface area (Å²) < 4.78 is 6.48. The van der Waals surface area contributed by atoms with Crippen LogP contribution in [0.2, 0.25) is 0 Å². The SMILES string of the molecule is C=C1/C=C\C=C/Cc2c(cccc2N(c2ccc3c(c2)C(C)(C)c2ccccc2-3)c2cccc3c2-c2ccccc2C32c3ccccc3-c3ccccc32)O1. The van der Waals surface area contributed by atoms with Crippen LogP contribution in [0.3, 0.4) is 0 Å². The Labute approximate surface area is 323 Å². The molecule has 0 aromatic heterocycles. The Morgan fingerprint density at radius 3 is 1.82 bits per heavy atom. The fraction of sp³-hybridized carbons (Fsp3) is 0.0943. The first-order chi connectivity index (χ1) is 27.0. The largest absolute Gasteiger partial charge is 0.458 e. The topological polar surface area (TPSA) is 12.5 Å². The third-order valence-electron chi connectivity index (χ3n) is 12.5. The van der Waals surface area contributed by atoms with Gasteiger partial charge in [-0.1, -0.05) is 160 Å². The lowest BCUT2D eigenvalue weighted by Crippen LogP contribution is -2.26. The Morgan fingerprint density at radius 1 is 0.527 bits per heavy atom. The summed E-state index contributed by atoms with van der Waals surface area (Å²) in [6.07, 6.45) is 8.94. The molecule has 1 heterocycles. The van der Waals surface area contributed by atoms with Crippen LogP contribution in [-0.2, 0) is 17.3 Å². The van der Waals surface area contributed by atoms with Gasteiger partial charge < -0.3 is 9.64 Å². The van der Waals surface area contributed by atoms with E-state index in [0.717, 1.165) is 28.4 Å². The molecule has 0 bridgehead atoms. The average molecular weight is 706 g/mol. The minimum Gasteiger partial charge on any atom is -0.458 e. The molecule has 7 aromatic carbocycles. The fourth-order valence-electron chi connectivity index (χ4n) is 10.2. The molecule has 3 aliphatic carbocycles. The molecule has 0 amide bonds. The van der Waals surface area contributed by atoms with Crippen LogP contribution in [0.5, 0.6) is 5.75 Å². The van der Waals surface area contributed by atoms with Gasteiger partial charge in [0.15, 0.2) is 0 Å². The summed E-state index contributed by atoms with van der Waals surface area (Å²) in [5.74, 6) is 1.43. The van der Waals surface area contributed by atoms with E-state index in [-0.39, 0.29) is 5.41 Å². The van der Waals surface area contributed by atoms with Gasteiger partial charge in [-0.15, -0.1) is 0 Å². The summed E-state index contributed by atoms with van der Waals surface area (Å²) in [7, 11) is 0. The standard InChI is InChI=1S/C53H39NO/c1-34-17-5-4-6-22-41-48(28-16-30-50(41)55-34)54(35-31-32-39-36-18-7-11-23-42(36)52(2,3)47(39)33-35)49-29-15-27-46-51(49)40-21-10-14-26-45(40)53(46)43-24-12-8-19-37(43)38-20-9-13-25-44(38)53/h4-21,23-33H,1,22H2,2-3H3/b6-4-,17-5-. The van der Waals surface area contributed by atoms with E-state index in [2.05, 4.69) is 189 Å². The van der Waals surface area contributed by atoms with E-state index in [9.17, 15) is 0 Å². The van der Waals surface area contributed by atoms with Crippen molar-refractivity contribution in [2.45, 2.75) is 31.1 Å². The summed E-state index contributed by atoms with van der Waals surface area (Å²) in [6, 6.07) is 56.5. The quantitative estimate of drug-likeness (QED) is 0.181. The van der Waals surface area contributed by atoms with Gasteiger partial charge in [0.25, 0.3) is 0 Å². The average Bonchev–Trinajstić information content (AvgIpc) is 3.80. The fourth-order valence-corrected chi connectivity index (χ4v) is 10.2. The van der Waals surface area contributed by atoms with Crippen molar-refractivity contribution in [3.8, 4) is 39.1 Å². The molecule has 0 saturated carbocycles. The van der Waals surface area contributed by atoms with Gasteiger partial charge in [0.1, 0.15) is 11.5 Å². The molecule has 11 rings (SSSR count). The molecule has 7 aromatic rings. The number of benzene rings is 7. The van der Waals surface area contributed by atoms with Crippen LogP contribution >= 0.6 is 0 Å². The number of ether oxygens (including phenoxy) is 1. The molecule has 2 heteroatoms. The maximum absolute atomic E-state index is 6.48. The van der Waals surface area contributed by atoms with Gasteiger partial charge >= 0.3 is 0 Å². The molecule has 0 unspecified atom stereocenters. The van der Waals surface area contributed by atoms with Crippen molar-refractivity contribution < 1.29 is 4.74 Å². The predicted octanol–water partition coefficient (Wildman–Crippen LogP) is 13.4. The second-order valence-electron chi connectivity index (χ2n) is 15.6. The second-order valence-corrected chi connectivity index (χ2v) is 15.6. The van der Waals surface area contributed by atoms with Crippen LogP contribution in [0.4, 0.5) is 17.1 Å². The molecule has 1 spiro atoms. The van der Waals surface area contributed by atoms with Crippen molar-refractivity contribution in [1.29, 1.82) is 0 Å².